The van der Waals surface area contributed by atoms with E-state index in [-0.39, 0.29) is 18.8 Å². The van der Waals surface area contributed by atoms with Gasteiger partial charge >= 0.3 is 5.97 Å². The highest BCUT2D eigenvalue weighted by atomic mass is 16.5. The Morgan fingerprint density at radius 2 is 1.86 bits per heavy atom. The topological polar surface area (TPSA) is 65.0 Å². The highest BCUT2D eigenvalue weighted by Crippen LogP contribution is 2.25. The lowest BCUT2D eigenvalue weighted by Gasteiger charge is -2.21. The smallest absolute Gasteiger partial charge is 0.334 e. The van der Waals surface area contributed by atoms with Crippen LogP contribution in [-0.4, -0.2) is 24.7 Å². The molecule has 1 aromatic rings. The van der Waals surface area contributed by atoms with Crippen LogP contribution in [0.15, 0.2) is 35.5 Å². The molecule has 0 amide bonds. The van der Waals surface area contributed by atoms with Gasteiger partial charge in [-0.3, -0.25) is 0 Å². The Morgan fingerprint density at radius 1 is 1.19 bits per heavy atom. The van der Waals surface area contributed by atoms with Crippen LogP contribution >= 0.6 is 0 Å². The molecule has 1 aromatic carbocycles. The van der Waals surface area contributed by atoms with Gasteiger partial charge in [0.1, 0.15) is 0 Å². The third-order valence-electron chi connectivity index (χ3n) is 3.00. The van der Waals surface area contributed by atoms with E-state index in [0.717, 1.165) is 5.56 Å². The molecular formula is C16H23NO4. The maximum Gasteiger partial charge on any atom is 0.334 e. The summed E-state index contributed by atoms with van der Waals surface area (Å²) in [6.45, 7) is 5.86. The first-order chi connectivity index (χ1) is 10.1. The molecule has 0 fully saturated rings. The van der Waals surface area contributed by atoms with Crippen LogP contribution in [0.3, 0.4) is 0 Å². The predicted octanol–water partition coefficient (Wildman–Crippen LogP) is 3.63. The van der Waals surface area contributed by atoms with E-state index in [9.17, 15) is 9.70 Å². The van der Waals surface area contributed by atoms with E-state index in [4.69, 9.17) is 9.47 Å². The van der Waals surface area contributed by atoms with E-state index in [0.29, 0.717) is 12.8 Å². The third kappa shape index (κ3) is 6.04. The van der Waals surface area contributed by atoms with Gasteiger partial charge in [0.15, 0.2) is 6.04 Å². The summed E-state index contributed by atoms with van der Waals surface area (Å²) in [4.78, 5) is 22.4. The van der Waals surface area contributed by atoms with Crippen LogP contribution in [0.4, 0.5) is 0 Å². The normalized spacial score (nSPS) is 13.7. The highest BCUT2D eigenvalue weighted by Gasteiger charge is 2.23. The molecule has 0 radical (unpaired) electrons. The molecule has 0 bridgehead atoms. The maximum absolute atomic E-state index is 11.6. The number of nitroso groups, excluding NO2 is 1. The van der Waals surface area contributed by atoms with Crippen LogP contribution in [0, 0.1) is 4.91 Å². The second-order valence-electron chi connectivity index (χ2n) is 5.03. The lowest BCUT2D eigenvalue weighted by molar-refractivity contribution is -0.145. The Morgan fingerprint density at radius 3 is 2.38 bits per heavy atom. The molecule has 0 aliphatic carbocycles. The van der Waals surface area contributed by atoms with Crippen molar-refractivity contribution >= 4 is 5.97 Å². The molecule has 2 unspecified atom stereocenters. The first kappa shape index (κ1) is 17.3. The molecule has 0 N–H and O–H groups in total. The van der Waals surface area contributed by atoms with Gasteiger partial charge in [0, 0.05) is 0 Å². The van der Waals surface area contributed by atoms with Crippen molar-refractivity contribution in [3.05, 3.63) is 40.8 Å². The van der Waals surface area contributed by atoms with Crippen LogP contribution in [0.25, 0.3) is 0 Å². The first-order valence-corrected chi connectivity index (χ1v) is 7.28. The summed E-state index contributed by atoms with van der Waals surface area (Å²) in [5.74, 6) is -0.566. The molecule has 0 aliphatic rings. The summed E-state index contributed by atoms with van der Waals surface area (Å²) in [7, 11) is 0. The average molecular weight is 293 g/mol. The van der Waals surface area contributed by atoms with Crippen LogP contribution in [-0.2, 0) is 14.3 Å². The van der Waals surface area contributed by atoms with Crippen molar-refractivity contribution in [3.63, 3.8) is 0 Å². The fourth-order valence-corrected chi connectivity index (χ4v) is 2.07. The Kier molecular flexibility index (Phi) is 7.61. The molecule has 0 spiro atoms. The number of rotatable bonds is 9. The summed E-state index contributed by atoms with van der Waals surface area (Å²) in [5.41, 5.74) is 1.03. The summed E-state index contributed by atoms with van der Waals surface area (Å²) in [6, 6.07) is 8.79. The molecule has 5 nitrogen and oxygen atoms in total. The molecular weight excluding hydrogens is 270 g/mol. The van der Waals surface area contributed by atoms with Gasteiger partial charge in [-0.25, -0.2) is 4.79 Å². The number of esters is 1. The van der Waals surface area contributed by atoms with Crippen molar-refractivity contribution in [3.8, 4) is 0 Å². The molecule has 0 saturated carbocycles. The Balaban J connectivity index is 2.68. The highest BCUT2D eigenvalue weighted by molar-refractivity contribution is 5.75. The molecule has 0 heterocycles. The van der Waals surface area contributed by atoms with Crippen LogP contribution < -0.4 is 0 Å². The molecule has 0 aromatic heterocycles. The molecule has 0 aliphatic heterocycles. The van der Waals surface area contributed by atoms with Gasteiger partial charge in [-0.2, -0.15) is 0 Å². The summed E-state index contributed by atoms with van der Waals surface area (Å²) in [5, 5.41) is 2.87. The second kappa shape index (κ2) is 9.23. The molecule has 116 valence electrons. The van der Waals surface area contributed by atoms with Crippen LogP contribution in [0.1, 0.15) is 45.3 Å². The number of ether oxygens (including phenoxy) is 2. The van der Waals surface area contributed by atoms with Gasteiger partial charge in [0.25, 0.3) is 0 Å². The molecule has 21 heavy (non-hydrogen) atoms. The number of benzene rings is 1. The maximum atomic E-state index is 11.6. The minimum Gasteiger partial charge on any atom is -0.464 e. The minimum atomic E-state index is -0.966. The van der Waals surface area contributed by atoms with Crippen molar-refractivity contribution in [1.82, 2.24) is 0 Å². The summed E-state index contributed by atoms with van der Waals surface area (Å²) < 4.78 is 10.7. The van der Waals surface area contributed by atoms with E-state index in [1.54, 1.807) is 6.92 Å². The second-order valence-corrected chi connectivity index (χ2v) is 5.03. The first-order valence-electron chi connectivity index (χ1n) is 7.28. The quantitative estimate of drug-likeness (QED) is 0.515. The number of hydrogen-bond donors (Lipinski definition) is 0. The summed E-state index contributed by atoms with van der Waals surface area (Å²) >= 11 is 0. The molecule has 1 rings (SSSR count). The van der Waals surface area contributed by atoms with Crippen molar-refractivity contribution in [1.29, 1.82) is 0 Å². The van der Waals surface area contributed by atoms with Gasteiger partial charge in [-0.05, 0) is 39.2 Å². The van der Waals surface area contributed by atoms with Gasteiger partial charge in [0.05, 0.1) is 18.8 Å². The number of carbonyl (C=O) groups excluding carboxylic acids is 1. The predicted molar refractivity (Wildman–Crippen MR) is 80.9 cm³/mol. The minimum absolute atomic E-state index is 0.0560. The van der Waals surface area contributed by atoms with Crippen LogP contribution in [0.5, 0.6) is 0 Å². The van der Waals surface area contributed by atoms with E-state index < -0.39 is 12.0 Å². The lowest BCUT2D eigenvalue weighted by Crippen LogP contribution is -2.22. The largest absolute Gasteiger partial charge is 0.464 e. The standard InChI is InChI=1S/C16H23NO4/c1-4-20-16(18)14(17-19)10-11-15(21-12(2)3)13-8-6-5-7-9-13/h5-9,12,14-15H,4,10-11H2,1-3H3. The fourth-order valence-electron chi connectivity index (χ4n) is 2.07. The Labute approximate surface area is 125 Å². The van der Waals surface area contributed by atoms with E-state index >= 15 is 0 Å². The number of hydrogen-bond acceptors (Lipinski definition) is 5. The number of carbonyl (C=O) groups is 1. The van der Waals surface area contributed by atoms with Crippen molar-refractivity contribution in [2.75, 3.05) is 6.61 Å². The molecule has 2 atom stereocenters. The molecule has 5 heteroatoms. The van der Waals surface area contributed by atoms with E-state index in [1.807, 2.05) is 44.2 Å². The Hall–Kier alpha value is -1.75. The van der Waals surface area contributed by atoms with Gasteiger partial charge in [-0.15, -0.1) is 4.91 Å². The number of nitrogens with zero attached hydrogens (tertiary/aromatic N) is 1. The van der Waals surface area contributed by atoms with Crippen molar-refractivity contribution in [2.45, 2.75) is 51.9 Å². The van der Waals surface area contributed by atoms with Gasteiger partial charge in [0.2, 0.25) is 0 Å². The summed E-state index contributed by atoms with van der Waals surface area (Å²) in [6.07, 6.45) is 0.747. The lowest BCUT2D eigenvalue weighted by atomic mass is 10.0. The van der Waals surface area contributed by atoms with Crippen molar-refractivity contribution in [2.24, 2.45) is 5.18 Å². The zero-order chi connectivity index (χ0) is 15.7. The average Bonchev–Trinajstić information content (AvgIpc) is 2.47. The molecule has 0 saturated heterocycles. The van der Waals surface area contributed by atoms with Crippen LogP contribution in [0.2, 0.25) is 0 Å². The Bertz CT molecular complexity index is 433. The van der Waals surface area contributed by atoms with E-state index in [2.05, 4.69) is 5.18 Å². The van der Waals surface area contributed by atoms with E-state index in [1.165, 1.54) is 0 Å². The van der Waals surface area contributed by atoms with Crippen molar-refractivity contribution < 1.29 is 14.3 Å². The zero-order valence-corrected chi connectivity index (χ0v) is 12.8. The third-order valence-corrected chi connectivity index (χ3v) is 3.00. The monoisotopic (exact) mass is 293 g/mol. The SMILES string of the molecule is CCOC(=O)C(CCC(OC(C)C)c1ccccc1)N=O. The fraction of sp³-hybridized carbons (Fsp3) is 0.562. The van der Waals surface area contributed by atoms with Gasteiger partial charge < -0.3 is 9.47 Å². The van der Waals surface area contributed by atoms with Gasteiger partial charge in [-0.1, -0.05) is 35.5 Å². The zero-order valence-electron chi connectivity index (χ0n) is 12.8.